The standard InChI is InChI=1S/C14H20N2O3/c1-2-9-8-16(6-5-12(9)15)14(19)11-4-3-10(17)7-13(11)18/h3-4,7,9,12,17-18H,2,5-6,8,15H2,1H3. The molecule has 1 aliphatic heterocycles. The third kappa shape index (κ3) is 2.81. The lowest BCUT2D eigenvalue weighted by molar-refractivity contribution is 0.0646. The van der Waals surface area contributed by atoms with Crippen molar-refractivity contribution in [2.24, 2.45) is 11.7 Å². The molecule has 4 N–H and O–H groups in total. The minimum atomic E-state index is -0.206. The number of rotatable bonds is 2. The molecule has 19 heavy (non-hydrogen) atoms. The van der Waals surface area contributed by atoms with E-state index in [2.05, 4.69) is 6.92 Å². The smallest absolute Gasteiger partial charge is 0.257 e. The number of aromatic hydroxyl groups is 2. The monoisotopic (exact) mass is 264 g/mol. The summed E-state index contributed by atoms with van der Waals surface area (Å²) in [5.41, 5.74) is 6.25. The van der Waals surface area contributed by atoms with E-state index >= 15 is 0 Å². The number of nitrogens with two attached hydrogens (primary N) is 1. The molecule has 0 aromatic heterocycles. The van der Waals surface area contributed by atoms with Crippen LogP contribution >= 0.6 is 0 Å². The van der Waals surface area contributed by atoms with Gasteiger partial charge in [-0.3, -0.25) is 4.79 Å². The molecule has 1 saturated heterocycles. The zero-order valence-electron chi connectivity index (χ0n) is 11.0. The van der Waals surface area contributed by atoms with E-state index < -0.39 is 0 Å². The molecule has 1 aliphatic rings. The minimum absolute atomic E-state index is 0.0545. The minimum Gasteiger partial charge on any atom is -0.508 e. The van der Waals surface area contributed by atoms with Crippen LogP contribution in [-0.4, -0.2) is 40.2 Å². The van der Waals surface area contributed by atoms with E-state index in [0.717, 1.165) is 12.8 Å². The van der Waals surface area contributed by atoms with Crippen molar-refractivity contribution in [2.75, 3.05) is 13.1 Å². The van der Waals surface area contributed by atoms with Gasteiger partial charge in [0.05, 0.1) is 5.56 Å². The zero-order valence-corrected chi connectivity index (χ0v) is 11.0. The molecule has 0 radical (unpaired) electrons. The van der Waals surface area contributed by atoms with Crippen molar-refractivity contribution >= 4 is 5.91 Å². The molecule has 1 fully saturated rings. The van der Waals surface area contributed by atoms with Gasteiger partial charge in [-0.05, 0) is 24.5 Å². The van der Waals surface area contributed by atoms with E-state index in [9.17, 15) is 15.0 Å². The molecule has 2 rings (SSSR count). The Labute approximate surface area is 112 Å². The second-order valence-electron chi connectivity index (χ2n) is 5.07. The fourth-order valence-corrected chi connectivity index (χ4v) is 2.54. The number of nitrogens with zero attached hydrogens (tertiary/aromatic N) is 1. The lowest BCUT2D eigenvalue weighted by Gasteiger charge is -2.36. The Hall–Kier alpha value is -1.75. The number of benzene rings is 1. The normalized spacial score (nSPS) is 23.4. The highest BCUT2D eigenvalue weighted by atomic mass is 16.3. The van der Waals surface area contributed by atoms with Crippen molar-refractivity contribution in [1.29, 1.82) is 0 Å². The second-order valence-corrected chi connectivity index (χ2v) is 5.07. The highest BCUT2D eigenvalue weighted by Gasteiger charge is 2.29. The van der Waals surface area contributed by atoms with Gasteiger partial charge in [0, 0.05) is 25.2 Å². The fraction of sp³-hybridized carbons (Fsp3) is 0.500. The van der Waals surface area contributed by atoms with Crippen LogP contribution in [0.4, 0.5) is 0 Å². The zero-order chi connectivity index (χ0) is 14.0. The first-order valence-corrected chi connectivity index (χ1v) is 6.59. The first-order valence-electron chi connectivity index (χ1n) is 6.59. The number of phenols is 2. The van der Waals surface area contributed by atoms with Crippen LogP contribution in [0.15, 0.2) is 18.2 Å². The van der Waals surface area contributed by atoms with E-state index in [0.29, 0.717) is 19.0 Å². The Bertz CT molecular complexity index is 476. The van der Waals surface area contributed by atoms with Crippen LogP contribution in [0.1, 0.15) is 30.1 Å². The van der Waals surface area contributed by atoms with Gasteiger partial charge in [-0.1, -0.05) is 13.3 Å². The quantitative estimate of drug-likeness (QED) is 0.751. The molecule has 0 spiro atoms. The molecule has 0 saturated carbocycles. The van der Waals surface area contributed by atoms with Gasteiger partial charge in [0.2, 0.25) is 0 Å². The van der Waals surface area contributed by atoms with Crippen molar-refractivity contribution < 1.29 is 15.0 Å². The van der Waals surface area contributed by atoms with Crippen LogP contribution in [0, 0.1) is 5.92 Å². The molecule has 5 nitrogen and oxygen atoms in total. The Morgan fingerprint density at radius 1 is 1.47 bits per heavy atom. The van der Waals surface area contributed by atoms with Crippen molar-refractivity contribution in [1.82, 2.24) is 4.90 Å². The number of amides is 1. The summed E-state index contributed by atoms with van der Waals surface area (Å²) in [5.74, 6) is -0.145. The van der Waals surface area contributed by atoms with E-state index in [1.807, 2.05) is 0 Å². The Morgan fingerprint density at radius 3 is 2.84 bits per heavy atom. The van der Waals surface area contributed by atoms with Crippen molar-refractivity contribution in [2.45, 2.75) is 25.8 Å². The maximum atomic E-state index is 12.3. The molecule has 2 atom stereocenters. The summed E-state index contributed by atoms with van der Waals surface area (Å²) in [6.07, 6.45) is 1.72. The van der Waals surface area contributed by atoms with Crippen LogP contribution in [0.5, 0.6) is 11.5 Å². The number of piperidine rings is 1. The van der Waals surface area contributed by atoms with Gasteiger partial charge in [-0.2, -0.15) is 0 Å². The maximum absolute atomic E-state index is 12.3. The lowest BCUT2D eigenvalue weighted by atomic mass is 9.90. The molecule has 2 unspecified atom stereocenters. The van der Waals surface area contributed by atoms with Gasteiger partial charge >= 0.3 is 0 Å². The number of likely N-dealkylation sites (tertiary alicyclic amines) is 1. The molecule has 0 bridgehead atoms. The number of hydrogen-bond acceptors (Lipinski definition) is 4. The van der Waals surface area contributed by atoms with Crippen LogP contribution in [0.2, 0.25) is 0 Å². The van der Waals surface area contributed by atoms with Gasteiger partial charge in [0.15, 0.2) is 0 Å². The molecule has 1 aromatic rings. The Balaban J connectivity index is 2.15. The molecule has 5 heteroatoms. The first-order chi connectivity index (χ1) is 9.02. The average Bonchev–Trinajstić information content (AvgIpc) is 2.38. The van der Waals surface area contributed by atoms with Crippen LogP contribution in [-0.2, 0) is 0 Å². The second kappa shape index (κ2) is 5.48. The van der Waals surface area contributed by atoms with Gasteiger partial charge in [-0.25, -0.2) is 0 Å². The Morgan fingerprint density at radius 2 is 2.21 bits per heavy atom. The number of hydrogen-bond donors (Lipinski definition) is 3. The van der Waals surface area contributed by atoms with Gasteiger partial charge in [0.25, 0.3) is 5.91 Å². The van der Waals surface area contributed by atoms with Crippen molar-refractivity contribution in [3.8, 4) is 11.5 Å². The molecule has 1 aromatic carbocycles. The van der Waals surface area contributed by atoms with Gasteiger partial charge < -0.3 is 20.8 Å². The molecular weight excluding hydrogens is 244 g/mol. The van der Waals surface area contributed by atoms with Gasteiger partial charge in [-0.15, -0.1) is 0 Å². The highest BCUT2D eigenvalue weighted by Crippen LogP contribution is 2.26. The third-order valence-electron chi connectivity index (χ3n) is 3.82. The summed E-state index contributed by atoms with van der Waals surface area (Å²) in [6, 6.07) is 4.17. The van der Waals surface area contributed by atoms with Crippen LogP contribution in [0.25, 0.3) is 0 Å². The average molecular weight is 264 g/mol. The highest BCUT2D eigenvalue weighted by molar-refractivity contribution is 5.97. The first kappa shape index (κ1) is 13.7. The summed E-state index contributed by atoms with van der Waals surface area (Å²) in [6.45, 7) is 3.30. The molecule has 0 aliphatic carbocycles. The summed E-state index contributed by atoms with van der Waals surface area (Å²) in [5, 5.41) is 19.0. The lowest BCUT2D eigenvalue weighted by Crippen LogP contribution is -2.49. The fourth-order valence-electron chi connectivity index (χ4n) is 2.54. The largest absolute Gasteiger partial charge is 0.508 e. The van der Waals surface area contributed by atoms with E-state index in [-0.39, 0.29) is 29.0 Å². The third-order valence-corrected chi connectivity index (χ3v) is 3.82. The SMILES string of the molecule is CCC1CN(C(=O)c2ccc(O)cc2O)CCC1N. The molecule has 1 heterocycles. The maximum Gasteiger partial charge on any atom is 0.257 e. The predicted molar refractivity (Wildman–Crippen MR) is 72.0 cm³/mol. The molecule has 104 valence electrons. The van der Waals surface area contributed by atoms with E-state index in [1.165, 1.54) is 18.2 Å². The summed E-state index contributed by atoms with van der Waals surface area (Å²) < 4.78 is 0. The Kier molecular flexibility index (Phi) is 3.95. The van der Waals surface area contributed by atoms with Crippen LogP contribution < -0.4 is 5.73 Å². The number of carbonyl (C=O) groups excluding carboxylic acids is 1. The van der Waals surface area contributed by atoms with Crippen molar-refractivity contribution in [3.63, 3.8) is 0 Å². The summed E-state index contributed by atoms with van der Waals surface area (Å²) in [7, 11) is 0. The summed E-state index contributed by atoms with van der Waals surface area (Å²) >= 11 is 0. The van der Waals surface area contributed by atoms with E-state index in [4.69, 9.17) is 5.73 Å². The summed E-state index contributed by atoms with van der Waals surface area (Å²) in [4.78, 5) is 14.1. The molecule has 1 amide bonds. The number of phenolic OH excluding ortho intramolecular Hbond substituents is 2. The van der Waals surface area contributed by atoms with Crippen LogP contribution in [0.3, 0.4) is 0 Å². The van der Waals surface area contributed by atoms with Gasteiger partial charge in [0.1, 0.15) is 11.5 Å². The topological polar surface area (TPSA) is 86.8 Å². The molecular formula is C14H20N2O3. The van der Waals surface area contributed by atoms with E-state index in [1.54, 1.807) is 4.90 Å². The van der Waals surface area contributed by atoms with Crippen molar-refractivity contribution in [3.05, 3.63) is 23.8 Å². The predicted octanol–water partition coefficient (Wildman–Crippen LogP) is 1.30. The number of carbonyl (C=O) groups is 1.